The molecule has 0 aromatic heterocycles. The Morgan fingerprint density at radius 3 is 2.58 bits per heavy atom. The molecular weight excluding hydrogens is 420 g/mol. The highest BCUT2D eigenvalue weighted by Gasteiger charge is 2.23. The molecule has 1 unspecified atom stereocenters. The number of rotatable bonds is 7. The summed E-state index contributed by atoms with van der Waals surface area (Å²) < 4.78 is 19.7. The fourth-order valence-electron chi connectivity index (χ4n) is 2.44. The van der Waals surface area contributed by atoms with E-state index in [9.17, 15) is 4.39 Å². The van der Waals surface area contributed by atoms with E-state index in [1.165, 1.54) is 25.7 Å². The van der Waals surface area contributed by atoms with Crippen molar-refractivity contribution in [2.75, 3.05) is 20.2 Å². The van der Waals surface area contributed by atoms with Gasteiger partial charge in [-0.05, 0) is 62.1 Å². The Hall–Kier alpha value is -1.05. The Kier molecular flexibility index (Phi) is 7.13. The predicted octanol–water partition coefficient (Wildman–Crippen LogP) is 3.87. The van der Waals surface area contributed by atoms with Crippen molar-refractivity contribution in [1.29, 1.82) is 0 Å². The smallest absolute Gasteiger partial charge is 0.191 e. The van der Waals surface area contributed by atoms with Crippen molar-refractivity contribution in [3.8, 4) is 5.75 Å². The topological polar surface area (TPSA) is 45.7 Å². The molecule has 24 heavy (non-hydrogen) atoms. The Balaban J connectivity index is 0.00000208. The van der Waals surface area contributed by atoms with Crippen LogP contribution in [0.25, 0.3) is 0 Å². The minimum Gasteiger partial charge on any atom is -0.490 e. The molecule has 0 spiro atoms. The van der Waals surface area contributed by atoms with Crippen molar-refractivity contribution in [2.45, 2.75) is 38.6 Å². The van der Waals surface area contributed by atoms with Gasteiger partial charge in [0.25, 0.3) is 0 Å². The number of nitrogens with zero attached hydrogens (tertiary/aromatic N) is 1. The van der Waals surface area contributed by atoms with E-state index in [0.29, 0.717) is 18.3 Å². The number of nitrogens with one attached hydrogen (secondary N) is 2. The summed E-state index contributed by atoms with van der Waals surface area (Å²) in [5.41, 5.74) is 0.885. The molecule has 6 heteroatoms. The monoisotopic (exact) mass is 447 g/mol. The molecule has 0 saturated heterocycles. The molecule has 2 aliphatic carbocycles. The summed E-state index contributed by atoms with van der Waals surface area (Å²) in [5, 5.41) is 6.62. The third-order valence-electron chi connectivity index (χ3n) is 4.46. The normalized spacial score (nSPS) is 18.5. The molecule has 1 atom stereocenters. The van der Waals surface area contributed by atoms with E-state index in [1.54, 1.807) is 19.2 Å². The number of hydrogen-bond donors (Lipinski definition) is 2. The van der Waals surface area contributed by atoms with Crippen LogP contribution < -0.4 is 15.4 Å². The number of halogens is 2. The maximum atomic E-state index is 14.2. The fourth-order valence-corrected chi connectivity index (χ4v) is 2.44. The summed E-state index contributed by atoms with van der Waals surface area (Å²) in [5.74, 6) is 2.22. The van der Waals surface area contributed by atoms with Gasteiger partial charge in [0.2, 0.25) is 0 Å². The second-order valence-corrected chi connectivity index (χ2v) is 6.71. The Morgan fingerprint density at radius 2 is 2.00 bits per heavy atom. The molecular formula is C18H27FIN3O. The molecule has 2 saturated carbocycles. The largest absolute Gasteiger partial charge is 0.490 e. The first kappa shape index (κ1) is 19.3. The van der Waals surface area contributed by atoms with Crippen LogP contribution in [0, 0.1) is 17.7 Å². The first-order valence-electron chi connectivity index (χ1n) is 8.55. The fraction of sp³-hybridized carbons (Fsp3) is 0.611. The van der Waals surface area contributed by atoms with Gasteiger partial charge in [-0.2, -0.15) is 0 Å². The van der Waals surface area contributed by atoms with Crippen LogP contribution in [0.5, 0.6) is 5.75 Å². The molecule has 2 N–H and O–H groups in total. The van der Waals surface area contributed by atoms with Crippen LogP contribution in [-0.4, -0.2) is 26.2 Å². The van der Waals surface area contributed by atoms with Crippen molar-refractivity contribution in [1.82, 2.24) is 10.6 Å². The maximum absolute atomic E-state index is 14.2. The van der Waals surface area contributed by atoms with Crippen LogP contribution >= 0.6 is 24.0 Å². The number of guanidine groups is 1. The lowest BCUT2D eigenvalue weighted by Gasteiger charge is -2.19. The number of ether oxygens (including phenoxy) is 1. The van der Waals surface area contributed by atoms with Gasteiger partial charge in [-0.1, -0.05) is 6.07 Å². The highest BCUT2D eigenvalue weighted by molar-refractivity contribution is 14.0. The van der Waals surface area contributed by atoms with E-state index < -0.39 is 0 Å². The minimum absolute atomic E-state index is 0. The zero-order chi connectivity index (χ0) is 16.2. The van der Waals surface area contributed by atoms with Crippen LogP contribution in [0.15, 0.2) is 23.2 Å². The Labute approximate surface area is 160 Å². The molecule has 2 fully saturated rings. The molecule has 0 radical (unpaired) electrons. The van der Waals surface area contributed by atoms with Crippen molar-refractivity contribution in [2.24, 2.45) is 16.8 Å². The van der Waals surface area contributed by atoms with E-state index in [0.717, 1.165) is 24.0 Å². The van der Waals surface area contributed by atoms with E-state index in [1.807, 2.05) is 13.0 Å². The molecule has 1 aromatic rings. The molecule has 1 aromatic carbocycles. The lowest BCUT2D eigenvalue weighted by molar-refractivity contribution is 0.285. The van der Waals surface area contributed by atoms with Crippen LogP contribution in [0.4, 0.5) is 4.39 Å². The molecule has 2 aliphatic rings. The quantitative estimate of drug-likeness (QED) is 0.379. The minimum atomic E-state index is -0.294. The third-order valence-corrected chi connectivity index (χ3v) is 4.46. The molecule has 3 rings (SSSR count). The third kappa shape index (κ3) is 5.79. The van der Waals surface area contributed by atoms with Gasteiger partial charge in [-0.25, -0.2) is 4.39 Å². The van der Waals surface area contributed by atoms with Gasteiger partial charge < -0.3 is 15.4 Å². The van der Waals surface area contributed by atoms with Gasteiger partial charge in [-0.15, -0.1) is 24.0 Å². The number of aliphatic imine (C=N–C) groups is 1. The maximum Gasteiger partial charge on any atom is 0.191 e. The molecule has 0 aliphatic heterocycles. The molecule has 134 valence electrons. The Bertz CT molecular complexity index is 573. The van der Waals surface area contributed by atoms with Gasteiger partial charge in [-0.3, -0.25) is 4.99 Å². The van der Waals surface area contributed by atoms with Gasteiger partial charge in [0.1, 0.15) is 0 Å². The van der Waals surface area contributed by atoms with E-state index in [4.69, 9.17) is 4.74 Å². The summed E-state index contributed by atoms with van der Waals surface area (Å²) in [6, 6.07) is 5.17. The van der Waals surface area contributed by atoms with Crippen molar-refractivity contribution in [3.05, 3.63) is 29.6 Å². The standard InChI is InChI=1S/C18H26FN3O.HI/c1-12(22-18(20-2)21-10-13-3-4-13)15-7-8-17(16(19)9-15)23-11-14-5-6-14;/h7-9,12-14H,3-6,10-11H2,1-2H3,(H2,20,21,22);1H. The summed E-state index contributed by atoms with van der Waals surface area (Å²) in [6.45, 7) is 3.58. The second kappa shape index (κ2) is 8.87. The average Bonchev–Trinajstić information content (AvgIpc) is 3.44. The SMILES string of the molecule is CN=C(NCC1CC1)NC(C)c1ccc(OCC2CC2)c(F)c1.I. The molecule has 0 amide bonds. The van der Waals surface area contributed by atoms with Gasteiger partial charge in [0.15, 0.2) is 17.5 Å². The van der Waals surface area contributed by atoms with Gasteiger partial charge in [0, 0.05) is 13.6 Å². The van der Waals surface area contributed by atoms with Crippen molar-refractivity contribution < 1.29 is 9.13 Å². The summed E-state index contributed by atoms with van der Waals surface area (Å²) >= 11 is 0. The van der Waals surface area contributed by atoms with E-state index >= 15 is 0 Å². The summed E-state index contributed by atoms with van der Waals surface area (Å²) in [4.78, 5) is 4.23. The van der Waals surface area contributed by atoms with Crippen molar-refractivity contribution >= 4 is 29.9 Å². The zero-order valence-corrected chi connectivity index (χ0v) is 16.7. The van der Waals surface area contributed by atoms with E-state index in [2.05, 4.69) is 15.6 Å². The van der Waals surface area contributed by atoms with Crippen LogP contribution in [-0.2, 0) is 0 Å². The number of benzene rings is 1. The second-order valence-electron chi connectivity index (χ2n) is 6.71. The molecule has 0 heterocycles. The average molecular weight is 447 g/mol. The molecule has 4 nitrogen and oxygen atoms in total. The highest BCUT2D eigenvalue weighted by Crippen LogP contribution is 2.30. The highest BCUT2D eigenvalue weighted by atomic mass is 127. The zero-order valence-electron chi connectivity index (χ0n) is 14.3. The van der Waals surface area contributed by atoms with Crippen LogP contribution in [0.1, 0.15) is 44.2 Å². The van der Waals surface area contributed by atoms with Gasteiger partial charge >= 0.3 is 0 Å². The lowest BCUT2D eigenvalue weighted by atomic mass is 10.1. The van der Waals surface area contributed by atoms with Crippen molar-refractivity contribution in [3.63, 3.8) is 0 Å². The first-order chi connectivity index (χ1) is 11.2. The van der Waals surface area contributed by atoms with Crippen LogP contribution in [0.3, 0.4) is 0 Å². The molecule has 0 bridgehead atoms. The number of hydrogen-bond acceptors (Lipinski definition) is 2. The van der Waals surface area contributed by atoms with E-state index in [-0.39, 0.29) is 35.8 Å². The summed E-state index contributed by atoms with van der Waals surface area (Å²) in [7, 11) is 1.75. The predicted molar refractivity (Wildman–Crippen MR) is 106 cm³/mol. The Morgan fingerprint density at radius 1 is 1.29 bits per heavy atom. The van der Waals surface area contributed by atoms with Gasteiger partial charge in [0.05, 0.1) is 12.6 Å². The first-order valence-corrected chi connectivity index (χ1v) is 8.55. The lowest BCUT2D eigenvalue weighted by Crippen LogP contribution is -2.39. The summed E-state index contributed by atoms with van der Waals surface area (Å²) in [6.07, 6.45) is 5.00. The van der Waals surface area contributed by atoms with Crippen LogP contribution in [0.2, 0.25) is 0 Å².